The van der Waals surface area contributed by atoms with E-state index >= 15 is 0 Å². The van der Waals surface area contributed by atoms with Crippen LogP contribution in [0.2, 0.25) is 0 Å². The molecule has 1 heterocycles. The smallest absolute Gasteiger partial charge is 0.422 e. The van der Waals surface area contributed by atoms with Crippen LogP contribution in [0.1, 0.15) is 25.3 Å². The summed E-state index contributed by atoms with van der Waals surface area (Å²) in [6, 6.07) is 2.45. The van der Waals surface area contributed by atoms with Crippen molar-refractivity contribution in [2.24, 2.45) is 5.73 Å². The molecule has 0 aliphatic heterocycles. The van der Waals surface area contributed by atoms with Gasteiger partial charge in [-0.25, -0.2) is 4.98 Å². The van der Waals surface area contributed by atoms with Gasteiger partial charge in [-0.05, 0) is 12.5 Å². The summed E-state index contributed by atoms with van der Waals surface area (Å²) in [5.74, 6) is -0.512. The highest BCUT2D eigenvalue weighted by molar-refractivity contribution is 5.81. The predicted molar refractivity (Wildman–Crippen MR) is 70.5 cm³/mol. The summed E-state index contributed by atoms with van der Waals surface area (Å²) < 4.78 is 41.0. The van der Waals surface area contributed by atoms with Crippen LogP contribution in [-0.4, -0.2) is 29.7 Å². The number of carbonyl (C=O) groups excluding carboxylic acids is 1. The second-order valence-corrected chi connectivity index (χ2v) is 4.48. The first-order chi connectivity index (χ1) is 9.83. The van der Waals surface area contributed by atoms with Crippen molar-refractivity contribution >= 4 is 5.91 Å². The summed E-state index contributed by atoms with van der Waals surface area (Å²) in [5, 5.41) is 2.56. The zero-order valence-electron chi connectivity index (χ0n) is 11.6. The van der Waals surface area contributed by atoms with E-state index in [2.05, 4.69) is 15.0 Å². The molecule has 0 spiro atoms. The number of ether oxygens (including phenoxy) is 1. The monoisotopic (exact) mass is 305 g/mol. The van der Waals surface area contributed by atoms with Gasteiger partial charge in [-0.1, -0.05) is 19.4 Å². The number of rotatable bonds is 7. The highest BCUT2D eigenvalue weighted by atomic mass is 19.4. The van der Waals surface area contributed by atoms with Crippen LogP contribution in [0, 0.1) is 0 Å². The van der Waals surface area contributed by atoms with Gasteiger partial charge in [0.2, 0.25) is 11.8 Å². The van der Waals surface area contributed by atoms with Crippen molar-refractivity contribution in [3.05, 3.63) is 23.9 Å². The summed E-state index contributed by atoms with van der Waals surface area (Å²) in [6.45, 7) is 0.481. The molecule has 5 nitrogen and oxygen atoms in total. The van der Waals surface area contributed by atoms with Crippen LogP contribution in [0.25, 0.3) is 0 Å². The number of halogens is 3. The Labute approximate surface area is 120 Å². The number of aromatic nitrogens is 1. The molecular weight excluding hydrogens is 287 g/mol. The van der Waals surface area contributed by atoms with Crippen molar-refractivity contribution in [3.63, 3.8) is 0 Å². The number of hydrogen-bond acceptors (Lipinski definition) is 4. The van der Waals surface area contributed by atoms with E-state index in [4.69, 9.17) is 5.73 Å². The topological polar surface area (TPSA) is 77.2 Å². The largest absolute Gasteiger partial charge is 0.468 e. The van der Waals surface area contributed by atoms with Crippen LogP contribution in [0.5, 0.6) is 5.88 Å². The van der Waals surface area contributed by atoms with Crippen LogP contribution < -0.4 is 15.8 Å². The summed E-state index contributed by atoms with van der Waals surface area (Å²) in [5.41, 5.74) is 6.00. The molecule has 0 radical (unpaired) electrons. The van der Waals surface area contributed by atoms with Crippen molar-refractivity contribution in [2.75, 3.05) is 6.61 Å². The van der Waals surface area contributed by atoms with Crippen molar-refractivity contribution in [2.45, 2.75) is 38.5 Å². The van der Waals surface area contributed by atoms with Crippen LogP contribution in [0.4, 0.5) is 13.2 Å². The maximum Gasteiger partial charge on any atom is 0.422 e. The molecule has 0 saturated heterocycles. The molecular formula is C13H18F3N3O2. The third-order valence-electron chi connectivity index (χ3n) is 2.61. The SMILES string of the molecule is CCCC(N)C(=O)NCc1cccnc1OCC(F)(F)F. The normalized spacial score (nSPS) is 12.8. The number of hydrogen-bond donors (Lipinski definition) is 2. The van der Waals surface area contributed by atoms with E-state index in [1.807, 2.05) is 6.92 Å². The zero-order chi connectivity index (χ0) is 15.9. The molecule has 0 saturated carbocycles. The minimum absolute atomic E-state index is 0.0112. The van der Waals surface area contributed by atoms with Crippen molar-refractivity contribution in [3.8, 4) is 5.88 Å². The van der Waals surface area contributed by atoms with Gasteiger partial charge in [0.05, 0.1) is 6.04 Å². The van der Waals surface area contributed by atoms with Crippen LogP contribution in [0.15, 0.2) is 18.3 Å². The lowest BCUT2D eigenvalue weighted by atomic mass is 10.1. The standard InChI is InChI=1S/C13H18F3N3O2/c1-2-4-10(17)11(20)19-7-9-5-3-6-18-12(9)21-8-13(14,15)16/h3,5-6,10H,2,4,7-8,17H2,1H3,(H,19,20). The Balaban J connectivity index is 2.61. The third kappa shape index (κ3) is 6.44. The van der Waals surface area contributed by atoms with Crippen LogP contribution >= 0.6 is 0 Å². The van der Waals surface area contributed by atoms with Gasteiger partial charge in [0.1, 0.15) is 0 Å². The molecule has 0 aromatic carbocycles. The Morgan fingerprint density at radius 1 is 1.52 bits per heavy atom. The number of pyridine rings is 1. The van der Waals surface area contributed by atoms with E-state index in [9.17, 15) is 18.0 Å². The number of nitrogens with one attached hydrogen (secondary N) is 1. The lowest BCUT2D eigenvalue weighted by Gasteiger charge is -2.14. The molecule has 1 atom stereocenters. The number of alkyl halides is 3. The van der Waals surface area contributed by atoms with Crippen molar-refractivity contribution in [1.29, 1.82) is 0 Å². The lowest BCUT2D eigenvalue weighted by molar-refractivity contribution is -0.154. The lowest BCUT2D eigenvalue weighted by Crippen LogP contribution is -2.40. The second kappa shape index (κ2) is 7.82. The molecule has 0 aliphatic carbocycles. The van der Waals surface area contributed by atoms with E-state index in [1.54, 1.807) is 6.07 Å². The molecule has 3 N–H and O–H groups in total. The van der Waals surface area contributed by atoms with Gasteiger partial charge in [0.15, 0.2) is 6.61 Å². The first-order valence-electron chi connectivity index (χ1n) is 6.50. The third-order valence-corrected chi connectivity index (χ3v) is 2.61. The zero-order valence-corrected chi connectivity index (χ0v) is 11.6. The molecule has 1 aromatic heterocycles. The summed E-state index contributed by atoms with van der Waals surface area (Å²) in [6.07, 6.45) is -1.82. The molecule has 8 heteroatoms. The summed E-state index contributed by atoms with van der Waals surface area (Å²) >= 11 is 0. The van der Waals surface area contributed by atoms with E-state index in [0.717, 1.165) is 6.42 Å². The molecule has 1 aromatic rings. The Kier molecular flexibility index (Phi) is 6.41. The molecule has 0 bridgehead atoms. The first-order valence-corrected chi connectivity index (χ1v) is 6.50. The van der Waals surface area contributed by atoms with Gasteiger partial charge in [0, 0.05) is 18.3 Å². The summed E-state index contributed by atoms with van der Waals surface area (Å²) in [7, 11) is 0. The first kappa shape index (κ1) is 17.2. The predicted octanol–water partition coefficient (Wildman–Crippen LogP) is 1.77. The Morgan fingerprint density at radius 2 is 2.24 bits per heavy atom. The fourth-order valence-electron chi connectivity index (χ4n) is 1.59. The fourth-order valence-corrected chi connectivity index (χ4v) is 1.59. The van der Waals surface area contributed by atoms with Gasteiger partial charge in [0.25, 0.3) is 0 Å². The average molecular weight is 305 g/mol. The van der Waals surface area contributed by atoms with E-state index in [0.29, 0.717) is 12.0 Å². The number of carbonyl (C=O) groups is 1. The molecule has 1 unspecified atom stereocenters. The van der Waals surface area contributed by atoms with Crippen molar-refractivity contribution < 1.29 is 22.7 Å². The molecule has 21 heavy (non-hydrogen) atoms. The van der Waals surface area contributed by atoms with Gasteiger partial charge >= 0.3 is 6.18 Å². The van der Waals surface area contributed by atoms with Gasteiger partial charge < -0.3 is 15.8 Å². The maximum atomic E-state index is 12.1. The van der Waals surface area contributed by atoms with E-state index in [-0.39, 0.29) is 18.3 Å². The Bertz CT molecular complexity index is 466. The minimum atomic E-state index is -4.44. The number of amides is 1. The fraction of sp³-hybridized carbons (Fsp3) is 0.538. The van der Waals surface area contributed by atoms with Gasteiger partial charge in [-0.15, -0.1) is 0 Å². The van der Waals surface area contributed by atoms with Crippen LogP contribution in [-0.2, 0) is 11.3 Å². The minimum Gasteiger partial charge on any atom is -0.468 e. The Hall–Kier alpha value is -1.83. The quantitative estimate of drug-likeness (QED) is 0.805. The molecule has 118 valence electrons. The second-order valence-electron chi connectivity index (χ2n) is 4.48. The average Bonchev–Trinajstić information content (AvgIpc) is 2.42. The van der Waals surface area contributed by atoms with E-state index < -0.39 is 18.8 Å². The summed E-state index contributed by atoms with van der Waals surface area (Å²) in [4.78, 5) is 15.4. The van der Waals surface area contributed by atoms with Gasteiger partial charge in [-0.3, -0.25) is 4.79 Å². The molecule has 0 aliphatic rings. The maximum absolute atomic E-state index is 12.1. The van der Waals surface area contributed by atoms with Gasteiger partial charge in [-0.2, -0.15) is 13.2 Å². The molecule has 1 amide bonds. The molecule has 1 rings (SSSR count). The highest BCUT2D eigenvalue weighted by Gasteiger charge is 2.29. The number of nitrogens with two attached hydrogens (primary N) is 1. The Morgan fingerprint density at radius 3 is 2.86 bits per heavy atom. The van der Waals surface area contributed by atoms with Crippen LogP contribution in [0.3, 0.4) is 0 Å². The molecule has 0 fully saturated rings. The number of nitrogens with zero attached hydrogens (tertiary/aromatic N) is 1. The highest BCUT2D eigenvalue weighted by Crippen LogP contribution is 2.19. The van der Waals surface area contributed by atoms with Crippen molar-refractivity contribution in [1.82, 2.24) is 10.3 Å². The van der Waals surface area contributed by atoms with E-state index in [1.165, 1.54) is 12.3 Å².